The lowest BCUT2D eigenvalue weighted by molar-refractivity contribution is -0.122. The highest BCUT2D eigenvalue weighted by Crippen LogP contribution is 2.07. The molecule has 0 fully saturated rings. The average Bonchev–Trinajstić information content (AvgIpc) is 2.37. The van der Waals surface area contributed by atoms with E-state index in [1.54, 1.807) is 45.0 Å². The smallest absolute Gasteiger partial charge is 0.319 e. The topological polar surface area (TPSA) is 90.5 Å². The van der Waals surface area contributed by atoms with Gasteiger partial charge in [0.25, 0.3) is 0 Å². The molecule has 1 aromatic rings. The van der Waals surface area contributed by atoms with Crippen LogP contribution in [0.2, 0.25) is 0 Å². The molecule has 0 aliphatic rings. The van der Waals surface area contributed by atoms with Crippen LogP contribution in [-0.4, -0.2) is 35.2 Å². The predicted octanol–water partition coefficient (Wildman–Crippen LogP) is 1.08. The summed E-state index contributed by atoms with van der Waals surface area (Å²) in [4.78, 5) is 23.2. The lowest BCUT2D eigenvalue weighted by atomic mass is 9.99. The predicted molar refractivity (Wildman–Crippen MR) is 77.4 cm³/mol. The Bertz CT molecular complexity index is 458. The Morgan fingerprint density at radius 2 is 1.85 bits per heavy atom. The van der Waals surface area contributed by atoms with Crippen LogP contribution in [0.5, 0.6) is 0 Å². The first-order valence-corrected chi connectivity index (χ1v) is 6.40. The summed E-state index contributed by atoms with van der Waals surface area (Å²) < 4.78 is 0. The fourth-order valence-corrected chi connectivity index (χ4v) is 1.37. The van der Waals surface area contributed by atoms with E-state index in [-0.39, 0.29) is 12.5 Å². The van der Waals surface area contributed by atoms with E-state index in [9.17, 15) is 14.7 Å². The Hall–Kier alpha value is -2.08. The van der Waals surface area contributed by atoms with Crippen molar-refractivity contribution < 1.29 is 14.7 Å². The molecule has 0 aliphatic carbocycles. The number of aliphatic hydroxyl groups is 1. The fraction of sp³-hybridized carbons (Fsp3) is 0.429. The molecule has 6 heteroatoms. The van der Waals surface area contributed by atoms with Crippen molar-refractivity contribution >= 4 is 17.6 Å². The van der Waals surface area contributed by atoms with Crippen LogP contribution >= 0.6 is 0 Å². The molecule has 20 heavy (non-hydrogen) atoms. The van der Waals surface area contributed by atoms with Gasteiger partial charge in [-0.3, -0.25) is 4.79 Å². The van der Waals surface area contributed by atoms with Gasteiger partial charge >= 0.3 is 6.03 Å². The van der Waals surface area contributed by atoms with Crippen molar-refractivity contribution in [2.45, 2.75) is 32.4 Å². The Kier molecular flexibility index (Phi) is 5.52. The first-order chi connectivity index (χ1) is 9.31. The number of hydrogen-bond acceptors (Lipinski definition) is 3. The zero-order valence-electron chi connectivity index (χ0n) is 11.9. The summed E-state index contributed by atoms with van der Waals surface area (Å²) in [6.07, 6.45) is -0.690. The SMILES string of the molecule is CC(O)C(C)(C)NC(=O)CNC(=O)Nc1ccccc1. The van der Waals surface area contributed by atoms with Crippen LogP contribution in [0.25, 0.3) is 0 Å². The minimum absolute atomic E-state index is 0.158. The Balaban J connectivity index is 2.36. The van der Waals surface area contributed by atoms with Gasteiger partial charge in [-0.1, -0.05) is 18.2 Å². The third kappa shape index (κ3) is 5.27. The van der Waals surface area contributed by atoms with Gasteiger partial charge in [0.15, 0.2) is 0 Å². The highest BCUT2D eigenvalue weighted by atomic mass is 16.3. The number of urea groups is 1. The van der Waals surface area contributed by atoms with E-state index >= 15 is 0 Å². The zero-order valence-corrected chi connectivity index (χ0v) is 11.9. The fourth-order valence-electron chi connectivity index (χ4n) is 1.37. The molecule has 0 spiro atoms. The second-order valence-electron chi connectivity index (χ2n) is 5.12. The van der Waals surface area contributed by atoms with E-state index in [1.807, 2.05) is 6.07 Å². The van der Waals surface area contributed by atoms with Crippen LogP contribution in [0.4, 0.5) is 10.5 Å². The van der Waals surface area contributed by atoms with Gasteiger partial charge in [0.2, 0.25) is 5.91 Å². The van der Waals surface area contributed by atoms with Crippen LogP contribution in [0.1, 0.15) is 20.8 Å². The third-order valence-electron chi connectivity index (χ3n) is 2.95. The van der Waals surface area contributed by atoms with Gasteiger partial charge in [0, 0.05) is 5.69 Å². The van der Waals surface area contributed by atoms with Crippen molar-refractivity contribution in [3.63, 3.8) is 0 Å². The Labute approximate surface area is 118 Å². The summed E-state index contributed by atoms with van der Waals surface area (Å²) in [7, 11) is 0. The van der Waals surface area contributed by atoms with Gasteiger partial charge in [0.1, 0.15) is 0 Å². The average molecular weight is 279 g/mol. The maximum Gasteiger partial charge on any atom is 0.319 e. The number of anilines is 1. The van der Waals surface area contributed by atoms with Crippen LogP contribution in [-0.2, 0) is 4.79 Å². The molecule has 0 bridgehead atoms. The molecule has 0 saturated carbocycles. The van der Waals surface area contributed by atoms with Gasteiger partial charge in [-0.05, 0) is 32.9 Å². The zero-order chi connectivity index (χ0) is 15.2. The first kappa shape index (κ1) is 16.0. The van der Waals surface area contributed by atoms with E-state index in [1.165, 1.54) is 0 Å². The van der Waals surface area contributed by atoms with Crippen molar-refractivity contribution in [2.75, 3.05) is 11.9 Å². The molecule has 0 saturated heterocycles. The molecule has 0 aromatic heterocycles. The second kappa shape index (κ2) is 6.91. The first-order valence-electron chi connectivity index (χ1n) is 6.40. The molecule has 1 unspecified atom stereocenters. The van der Waals surface area contributed by atoms with Crippen molar-refractivity contribution in [1.82, 2.24) is 10.6 Å². The monoisotopic (exact) mass is 279 g/mol. The number of nitrogens with one attached hydrogen (secondary N) is 3. The quantitative estimate of drug-likeness (QED) is 0.650. The van der Waals surface area contributed by atoms with Gasteiger partial charge in [0.05, 0.1) is 18.2 Å². The van der Waals surface area contributed by atoms with E-state index in [2.05, 4.69) is 16.0 Å². The molecular weight excluding hydrogens is 258 g/mol. The summed E-state index contributed by atoms with van der Waals surface area (Å²) >= 11 is 0. The molecule has 1 aromatic carbocycles. The van der Waals surface area contributed by atoms with Crippen molar-refractivity contribution in [3.05, 3.63) is 30.3 Å². The maximum atomic E-state index is 11.7. The van der Waals surface area contributed by atoms with Crippen molar-refractivity contribution in [2.24, 2.45) is 0 Å². The third-order valence-corrected chi connectivity index (χ3v) is 2.95. The minimum atomic E-state index is -0.741. The minimum Gasteiger partial charge on any atom is -0.391 e. The summed E-state index contributed by atoms with van der Waals surface area (Å²) in [5.41, 5.74) is -0.0935. The molecule has 6 nitrogen and oxygen atoms in total. The summed E-state index contributed by atoms with van der Waals surface area (Å²) in [5.74, 6) is -0.362. The lowest BCUT2D eigenvalue weighted by Gasteiger charge is -2.29. The number of hydrogen-bond donors (Lipinski definition) is 4. The highest BCUT2D eigenvalue weighted by Gasteiger charge is 2.25. The van der Waals surface area contributed by atoms with Crippen LogP contribution < -0.4 is 16.0 Å². The summed E-state index contributed by atoms with van der Waals surface area (Å²) in [5, 5.41) is 17.2. The number of para-hydroxylation sites is 1. The molecule has 0 aliphatic heterocycles. The number of rotatable bonds is 5. The van der Waals surface area contributed by atoms with Crippen LogP contribution in [0, 0.1) is 0 Å². The van der Waals surface area contributed by atoms with Gasteiger partial charge in [-0.25, -0.2) is 4.79 Å². The molecule has 1 rings (SSSR count). The molecular formula is C14H21N3O3. The maximum absolute atomic E-state index is 11.7. The molecule has 0 heterocycles. The standard InChI is InChI=1S/C14H21N3O3/c1-10(18)14(2,3)17-12(19)9-15-13(20)16-11-7-5-4-6-8-11/h4-8,10,18H,9H2,1-3H3,(H,17,19)(H2,15,16,20). The largest absolute Gasteiger partial charge is 0.391 e. The van der Waals surface area contributed by atoms with Gasteiger partial charge in [-0.15, -0.1) is 0 Å². The molecule has 0 radical (unpaired) electrons. The van der Waals surface area contributed by atoms with Crippen LogP contribution in [0.15, 0.2) is 30.3 Å². The van der Waals surface area contributed by atoms with E-state index < -0.39 is 17.7 Å². The van der Waals surface area contributed by atoms with Crippen molar-refractivity contribution in [1.29, 1.82) is 0 Å². The molecule has 3 amide bonds. The molecule has 4 N–H and O–H groups in total. The number of amides is 3. The molecule has 110 valence electrons. The summed E-state index contributed by atoms with van der Waals surface area (Å²) in [6.45, 7) is 4.85. The number of carbonyl (C=O) groups excluding carboxylic acids is 2. The Morgan fingerprint density at radius 3 is 2.40 bits per heavy atom. The second-order valence-corrected chi connectivity index (χ2v) is 5.12. The van der Waals surface area contributed by atoms with E-state index in [0.29, 0.717) is 5.69 Å². The number of benzene rings is 1. The number of carbonyl (C=O) groups is 2. The Morgan fingerprint density at radius 1 is 1.25 bits per heavy atom. The molecule has 1 atom stereocenters. The van der Waals surface area contributed by atoms with Crippen molar-refractivity contribution in [3.8, 4) is 0 Å². The van der Waals surface area contributed by atoms with Crippen LogP contribution in [0.3, 0.4) is 0 Å². The van der Waals surface area contributed by atoms with E-state index in [4.69, 9.17) is 0 Å². The normalized spacial score (nSPS) is 12.4. The number of aliphatic hydroxyl groups excluding tert-OH is 1. The lowest BCUT2D eigenvalue weighted by Crippen LogP contribution is -2.53. The van der Waals surface area contributed by atoms with E-state index in [0.717, 1.165) is 0 Å². The van der Waals surface area contributed by atoms with Gasteiger partial charge in [-0.2, -0.15) is 0 Å². The highest BCUT2D eigenvalue weighted by molar-refractivity contribution is 5.92. The van der Waals surface area contributed by atoms with Gasteiger partial charge < -0.3 is 21.1 Å². The summed E-state index contributed by atoms with van der Waals surface area (Å²) in [6, 6.07) is 8.48.